The van der Waals surface area contributed by atoms with Gasteiger partial charge in [0.25, 0.3) is 0 Å². The van der Waals surface area contributed by atoms with Gasteiger partial charge in [0.1, 0.15) is 0 Å². The number of benzene rings is 1. The van der Waals surface area contributed by atoms with Crippen LogP contribution in [0.2, 0.25) is 5.02 Å². The van der Waals surface area contributed by atoms with Crippen LogP contribution < -0.4 is 5.73 Å². The van der Waals surface area contributed by atoms with Crippen LogP contribution in [0.3, 0.4) is 0 Å². The molecule has 112 valence electrons. The van der Waals surface area contributed by atoms with E-state index >= 15 is 0 Å². The summed E-state index contributed by atoms with van der Waals surface area (Å²) in [5, 5.41) is 0.411. The second-order valence-electron chi connectivity index (χ2n) is 4.93. The predicted molar refractivity (Wildman–Crippen MR) is 84.8 cm³/mol. The highest BCUT2D eigenvalue weighted by molar-refractivity contribution is 7.99. The molecule has 2 N–H and O–H groups in total. The van der Waals surface area contributed by atoms with Crippen molar-refractivity contribution in [3.05, 3.63) is 28.3 Å². The first-order valence-electron chi connectivity index (χ1n) is 6.46. The van der Waals surface area contributed by atoms with Crippen molar-refractivity contribution in [1.82, 2.24) is 4.31 Å². The van der Waals surface area contributed by atoms with E-state index in [9.17, 15) is 8.42 Å². The van der Waals surface area contributed by atoms with Gasteiger partial charge < -0.3 is 5.73 Å². The molecule has 0 radical (unpaired) electrons. The van der Waals surface area contributed by atoms with Gasteiger partial charge in [-0.15, -0.1) is 0 Å². The Bertz CT molecular complexity index is 605. The minimum Gasteiger partial charge on any atom is -0.326 e. The Labute approximate surface area is 129 Å². The Hall–Kier alpha value is -0.270. The smallest absolute Gasteiger partial charge is 0.243 e. The predicted octanol–water partition coefficient (Wildman–Crippen LogP) is 2.23. The molecule has 1 heterocycles. The monoisotopic (exact) mass is 334 g/mol. The molecule has 1 aromatic carbocycles. The number of halogens is 1. The van der Waals surface area contributed by atoms with Crippen LogP contribution in [0.15, 0.2) is 17.0 Å². The van der Waals surface area contributed by atoms with E-state index in [2.05, 4.69) is 0 Å². The Morgan fingerprint density at radius 1 is 1.50 bits per heavy atom. The fourth-order valence-corrected chi connectivity index (χ4v) is 5.84. The van der Waals surface area contributed by atoms with E-state index in [1.165, 1.54) is 6.07 Å². The summed E-state index contributed by atoms with van der Waals surface area (Å²) in [6.07, 6.45) is 0. The number of nitrogens with zero attached hydrogens (tertiary/aromatic N) is 1. The minimum atomic E-state index is -3.52. The number of hydrogen-bond donors (Lipinski definition) is 1. The third kappa shape index (κ3) is 2.99. The molecule has 0 bridgehead atoms. The van der Waals surface area contributed by atoms with Crippen molar-refractivity contribution < 1.29 is 8.42 Å². The van der Waals surface area contributed by atoms with Crippen molar-refractivity contribution in [3.63, 3.8) is 0 Å². The van der Waals surface area contributed by atoms with Gasteiger partial charge in [0, 0.05) is 35.7 Å². The molecule has 0 aromatic heterocycles. The van der Waals surface area contributed by atoms with Crippen LogP contribution in [0.1, 0.15) is 18.1 Å². The van der Waals surface area contributed by atoms with Crippen LogP contribution in [0, 0.1) is 6.92 Å². The first-order chi connectivity index (χ1) is 9.37. The molecule has 0 amide bonds. The number of rotatable bonds is 3. The zero-order valence-corrected chi connectivity index (χ0v) is 14.0. The second-order valence-corrected chi connectivity index (χ2v) is 8.38. The van der Waals surface area contributed by atoms with Gasteiger partial charge in [-0.2, -0.15) is 16.1 Å². The van der Waals surface area contributed by atoms with Gasteiger partial charge in [0.05, 0.1) is 4.90 Å². The van der Waals surface area contributed by atoms with Crippen molar-refractivity contribution >= 4 is 33.4 Å². The van der Waals surface area contributed by atoms with E-state index in [0.717, 1.165) is 17.1 Å². The Kier molecular flexibility index (Phi) is 5.02. The average molecular weight is 335 g/mol. The first-order valence-corrected chi connectivity index (χ1v) is 9.44. The lowest BCUT2D eigenvalue weighted by Gasteiger charge is -2.32. The molecule has 2 rings (SSSR count). The number of nitrogens with two attached hydrogens (primary N) is 1. The largest absolute Gasteiger partial charge is 0.326 e. The van der Waals surface area contributed by atoms with E-state index in [1.54, 1.807) is 29.1 Å². The average Bonchev–Trinajstić information content (AvgIpc) is 2.41. The van der Waals surface area contributed by atoms with Crippen molar-refractivity contribution in [2.45, 2.75) is 31.3 Å². The molecule has 1 aromatic rings. The van der Waals surface area contributed by atoms with Gasteiger partial charge in [0.2, 0.25) is 10.0 Å². The normalized spacial score (nSPS) is 21.1. The summed E-state index contributed by atoms with van der Waals surface area (Å²) in [6.45, 7) is 4.54. The molecule has 0 saturated carbocycles. The lowest BCUT2D eigenvalue weighted by atomic mass is 10.1. The maximum atomic E-state index is 12.9. The van der Waals surface area contributed by atoms with Crippen LogP contribution in [0.4, 0.5) is 0 Å². The van der Waals surface area contributed by atoms with Gasteiger partial charge in [0.15, 0.2) is 0 Å². The molecule has 1 aliphatic heterocycles. The van der Waals surface area contributed by atoms with Gasteiger partial charge in [-0.3, -0.25) is 0 Å². The molecular weight excluding hydrogens is 316 g/mol. The summed E-state index contributed by atoms with van der Waals surface area (Å²) in [7, 11) is -3.52. The van der Waals surface area contributed by atoms with Crippen LogP contribution >= 0.6 is 23.4 Å². The zero-order valence-electron chi connectivity index (χ0n) is 11.6. The fourth-order valence-electron chi connectivity index (χ4n) is 2.38. The highest BCUT2D eigenvalue weighted by Crippen LogP contribution is 2.30. The highest BCUT2D eigenvalue weighted by atomic mass is 35.5. The van der Waals surface area contributed by atoms with Crippen molar-refractivity contribution in [1.29, 1.82) is 0 Å². The van der Waals surface area contributed by atoms with Gasteiger partial charge in [-0.25, -0.2) is 8.42 Å². The molecule has 1 aliphatic rings. The van der Waals surface area contributed by atoms with Crippen molar-refractivity contribution in [3.8, 4) is 0 Å². The Morgan fingerprint density at radius 3 is 2.80 bits per heavy atom. The molecule has 0 spiro atoms. The number of thioether (sulfide) groups is 1. The molecule has 1 atom stereocenters. The molecule has 7 heteroatoms. The second kappa shape index (κ2) is 6.23. The maximum absolute atomic E-state index is 12.9. The van der Waals surface area contributed by atoms with Gasteiger partial charge in [-0.05, 0) is 37.1 Å². The summed E-state index contributed by atoms with van der Waals surface area (Å²) >= 11 is 7.82. The quantitative estimate of drug-likeness (QED) is 0.920. The molecule has 20 heavy (non-hydrogen) atoms. The van der Waals surface area contributed by atoms with Gasteiger partial charge in [-0.1, -0.05) is 11.6 Å². The van der Waals surface area contributed by atoms with Crippen LogP contribution in [0.25, 0.3) is 0 Å². The van der Waals surface area contributed by atoms with Gasteiger partial charge >= 0.3 is 0 Å². The molecule has 0 aliphatic carbocycles. The minimum absolute atomic E-state index is 0.00143. The fraction of sp³-hybridized carbons (Fsp3) is 0.538. The summed E-state index contributed by atoms with van der Waals surface area (Å²) in [6, 6.07) is 3.25. The highest BCUT2D eigenvalue weighted by Gasteiger charge is 2.32. The first kappa shape index (κ1) is 16.1. The maximum Gasteiger partial charge on any atom is 0.243 e. The zero-order chi connectivity index (χ0) is 14.9. The van der Waals surface area contributed by atoms with Crippen LogP contribution in [-0.2, 0) is 16.6 Å². The Morgan fingerprint density at radius 2 is 2.20 bits per heavy atom. The molecule has 1 fully saturated rings. The van der Waals surface area contributed by atoms with E-state index < -0.39 is 10.0 Å². The summed E-state index contributed by atoms with van der Waals surface area (Å²) < 4.78 is 27.3. The SMILES string of the molecule is Cc1c(CN)cc(Cl)cc1S(=O)(=O)N1CCSCC1C. The van der Waals surface area contributed by atoms with Crippen LogP contribution in [-0.4, -0.2) is 36.8 Å². The standard InChI is InChI=1S/C13H19ClN2O2S2/c1-9-8-19-4-3-16(9)20(17,18)13-6-12(14)5-11(7-15)10(13)2/h5-6,9H,3-4,7-8,15H2,1-2H3. The Balaban J connectivity index is 2.51. The third-order valence-electron chi connectivity index (χ3n) is 3.55. The molecular formula is C13H19ClN2O2S2. The lowest BCUT2D eigenvalue weighted by Crippen LogP contribution is -2.44. The van der Waals surface area contributed by atoms with Crippen molar-refractivity contribution in [2.75, 3.05) is 18.1 Å². The van der Waals surface area contributed by atoms with E-state index in [0.29, 0.717) is 17.1 Å². The number of hydrogen-bond acceptors (Lipinski definition) is 4. The van der Waals surface area contributed by atoms with Crippen molar-refractivity contribution in [2.24, 2.45) is 5.73 Å². The summed E-state index contributed by atoms with van der Waals surface area (Å²) in [5.41, 5.74) is 7.14. The molecule has 1 unspecified atom stereocenters. The lowest BCUT2D eigenvalue weighted by molar-refractivity contribution is 0.367. The summed E-state index contributed by atoms with van der Waals surface area (Å²) in [5.74, 6) is 1.65. The van der Waals surface area contributed by atoms with E-state index in [1.807, 2.05) is 6.92 Å². The van der Waals surface area contributed by atoms with E-state index in [-0.39, 0.29) is 17.5 Å². The number of sulfonamides is 1. The topological polar surface area (TPSA) is 63.4 Å². The third-order valence-corrected chi connectivity index (χ3v) is 7.09. The van der Waals surface area contributed by atoms with E-state index in [4.69, 9.17) is 17.3 Å². The molecule has 1 saturated heterocycles. The van der Waals surface area contributed by atoms with Crippen LogP contribution in [0.5, 0.6) is 0 Å². The summed E-state index contributed by atoms with van der Waals surface area (Å²) in [4.78, 5) is 0.282. The molecule has 4 nitrogen and oxygen atoms in total.